The second-order valence-corrected chi connectivity index (χ2v) is 5.72. The highest BCUT2D eigenvalue weighted by atomic mass is 16.5. The Morgan fingerprint density at radius 2 is 2.10 bits per heavy atom. The molecule has 116 valence electrons. The van der Waals surface area contributed by atoms with E-state index in [4.69, 9.17) is 9.84 Å². The molecule has 0 amide bonds. The lowest BCUT2D eigenvalue weighted by molar-refractivity contribution is -0.137. The van der Waals surface area contributed by atoms with Gasteiger partial charge in [-0.1, -0.05) is 18.6 Å². The number of benzene rings is 1. The molecule has 0 saturated carbocycles. The molecular formula is C17H25NO3. The Balaban J connectivity index is 1.84. The number of ether oxygens (including phenoxy) is 1. The Kier molecular flexibility index (Phi) is 6.05. The molecule has 0 aliphatic carbocycles. The van der Waals surface area contributed by atoms with Crippen LogP contribution in [0.4, 0.5) is 0 Å². The van der Waals surface area contributed by atoms with Crippen molar-refractivity contribution in [3.8, 4) is 5.75 Å². The largest absolute Gasteiger partial charge is 0.497 e. The molecule has 4 nitrogen and oxygen atoms in total. The Morgan fingerprint density at radius 1 is 1.33 bits per heavy atom. The summed E-state index contributed by atoms with van der Waals surface area (Å²) < 4.78 is 5.17. The van der Waals surface area contributed by atoms with Gasteiger partial charge < -0.3 is 14.7 Å². The predicted molar refractivity (Wildman–Crippen MR) is 82.8 cm³/mol. The third kappa shape index (κ3) is 5.05. The minimum absolute atomic E-state index is 0.281. The van der Waals surface area contributed by atoms with E-state index in [1.54, 1.807) is 7.11 Å². The molecule has 1 N–H and O–H groups in total. The molecule has 0 spiro atoms. The van der Waals surface area contributed by atoms with E-state index in [1.165, 1.54) is 18.4 Å². The standard InChI is InChI=1S/C17H25NO3/c1-21-16-8-5-14(6-9-16)11-13-18-12-3-2-4-15(18)7-10-17(19)20/h5-6,8-9,15H,2-4,7,10-13H2,1H3,(H,19,20). The van der Waals surface area contributed by atoms with Crippen molar-refractivity contribution in [1.29, 1.82) is 0 Å². The van der Waals surface area contributed by atoms with Gasteiger partial charge >= 0.3 is 5.97 Å². The van der Waals surface area contributed by atoms with Crippen LogP contribution < -0.4 is 4.74 Å². The molecule has 1 aromatic rings. The van der Waals surface area contributed by atoms with Gasteiger partial charge in [0.1, 0.15) is 5.75 Å². The number of piperidine rings is 1. The van der Waals surface area contributed by atoms with E-state index in [2.05, 4.69) is 17.0 Å². The summed E-state index contributed by atoms with van der Waals surface area (Å²) in [5.41, 5.74) is 1.30. The third-order valence-electron chi connectivity index (χ3n) is 4.29. The van der Waals surface area contributed by atoms with Crippen LogP contribution in [0.3, 0.4) is 0 Å². The summed E-state index contributed by atoms with van der Waals surface area (Å²) in [6.45, 7) is 2.11. The van der Waals surface area contributed by atoms with Crippen LogP contribution in [0.2, 0.25) is 0 Å². The molecule has 1 fully saturated rings. The summed E-state index contributed by atoms with van der Waals surface area (Å²) in [5, 5.41) is 8.86. The van der Waals surface area contributed by atoms with Crippen LogP contribution in [0.15, 0.2) is 24.3 Å². The van der Waals surface area contributed by atoms with Crippen LogP contribution in [-0.2, 0) is 11.2 Å². The van der Waals surface area contributed by atoms with E-state index < -0.39 is 5.97 Å². The van der Waals surface area contributed by atoms with Gasteiger partial charge in [-0.05, 0) is 49.9 Å². The van der Waals surface area contributed by atoms with Crippen molar-refractivity contribution in [2.45, 2.75) is 44.6 Å². The van der Waals surface area contributed by atoms with Crippen LogP contribution >= 0.6 is 0 Å². The molecule has 1 saturated heterocycles. The number of hydrogen-bond donors (Lipinski definition) is 1. The molecule has 2 rings (SSSR count). The zero-order valence-corrected chi connectivity index (χ0v) is 12.8. The first-order valence-electron chi connectivity index (χ1n) is 7.78. The molecule has 0 bridgehead atoms. The van der Waals surface area contributed by atoms with E-state index in [1.807, 2.05) is 12.1 Å². The zero-order valence-electron chi connectivity index (χ0n) is 12.8. The van der Waals surface area contributed by atoms with Crippen molar-refractivity contribution >= 4 is 5.97 Å². The fourth-order valence-corrected chi connectivity index (χ4v) is 3.04. The lowest BCUT2D eigenvalue weighted by atomic mass is 9.97. The third-order valence-corrected chi connectivity index (χ3v) is 4.29. The lowest BCUT2D eigenvalue weighted by Gasteiger charge is -2.35. The van der Waals surface area contributed by atoms with Gasteiger partial charge in [0.25, 0.3) is 0 Å². The fourth-order valence-electron chi connectivity index (χ4n) is 3.04. The number of carbonyl (C=O) groups is 1. The average Bonchev–Trinajstić information content (AvgIpc) is 2.52. The van der Waals surface area contributed by atoms with E-state index in [-0.39, 0.29) is 6.42 Å². The number of carboxylic acid groups (broad SMARTS) is 1. The SMILES string of the molecule is COc1ccc(CCN2CCCCC2CCC(=O)O)cc1. The van der Waals surface area contributed by atoms with Crippen LogP contribution in [-0.4, -0.2) is 42.2 Å². The maximum atomic E-state index is 10.8. The van der Waals surface area contributed by atoms with Crippen molar-refractivity contribution in [3.05, 3.63) is 29.8 Å². The molecule has 1 atom stereocenters. The topological polar surface area (TPSA) is 49.8 Å². The molecule has 21 heavy (non-hydrogen) atoms. The number of rotatable bonds is 7. The van der Waals surface area contributed by atoms with Crippen molar-refractivity contribution in [3.63, 3.8) is 0 Å². The molecule has 4 heteroatoms. The summed E-state index contributed by atoms with van der Waals surface area (Å²) in [5.74, 6) is 0.201. The first-order valence-corrected chi connectivity index (χ1v) is 7.78. The minimum Gasteiger partial charge on any atom is -0.497 e. The first kappa shape index (κ1) is 15.8. The average molecular weight is 291 g/mol. The Hall–Kier alpha value is -1.55. The molecule has 1 aromatic carbocycles. The van der Waals surface area contributed by atoms with Crippen LogP contribution in [0.25, 0.3) is 0 Å². The molecule has 1 unspecified atom stereocenters. The zero-order chi connectivity index (χ0) is 15.1. The number of carboxylic acids is 1. The van der Waals surface area contributed by atoms with E-state index >= 15 is 0 Å². The van der Waals surface area contributed by atoms with Gasteiger partial charge in [0.15, 0.2) is 0 Å². The predicted octanol–water partition coefficient (Wildman–Crippen LogP) is 2.96. The summed E-state index contributed by atoms with van der Waals surface area (Å²) in [6.07, 6.45) is 5.65. The summed E-state index contributed by atoms with van der Waals surface area (Å²) in [4.78, 5) is 13.2. The quantitative estimate of drug-likeness (QED) is 0.839. The minimum atomic E-state index is -0.685. The molecule has 1 aliphatic rings. The number of likely N-dealkylation sites (tertiary alicyclic amines) is 1. The number of aliphatic carboxylic acids is 1. The van der Waals surface area contributed by atoms with Crippen molar-refractivity contribution in [2.75, 3.05) is 20.2 Å². The highest BCUT2D eigenvalue weighted by molar-refractivity contribution is 5.66. The Bertz CT molecular complexity index is 444. The van der Waals surface area contributed by atoms with Crippen LogP contribution in [0.1, 0.15) is 37.7 Å². The Morgan fingerprint density at radius 3 is 2.76 bits per heavy atom. The fraction of sp³-hybridized carbons (Fsp3) is 0.588. The van der Waals surface area contributed by atoms with E-state index in [0.29, 0.717) is 6.04 Å². The molecule has 0 radical (unpaired) electrons. The van der Waals surface area contributed by atoms with Gasteiger partial charge in [-0.15, -0.1) is 0 Å². The summed E-state index contributed by atoms with van der Waals surface area (Å²) >= 11 is 0. The molecule has 0 aromatic heterocycles. The Labute approximate surface area is 126 Å². The highest BCUT2D eigenvalue weighted by Crippen LogP contribution is 2.21. The maximum absolute atomic E-state index is 10.8. The summed E-state index contributed by atoms with van der Waals surface area (Å²) in [6, 6.07) is 8.64. The van der Waals surface area contributed by atoms with E-state index in [0.717, 1.165) is 38.1 Å². The van der Waals surface area contributed by atoms with E-state index in [9.17, 15) is 4.79 Å². The second-order valence-electron chi connectivity index (χ2n) is 5.72. The lowest BCUT2D eigenvalue weighted by Crippen LogP contribution is -2.40. The highest BCUT2D eigenvalue weighted by Gasteiger charge is 2.22. The van der Waals surface area contributed by atoms with Crippen molar-refractivity contribution in [2.24, 2.45) is 0 Å². The number of methoxy groups -OCH3 is 1. The van der Waals surface area contributed by atoms with Gasteiger partial charge in [0, 0.05) is 19.0 Å². The van der Waals surface area contributed by atoms with Crippen molar-refractivity contribution in [1.82, 2.24) is 4.90 Å². The van der Waals surface area contributed by atoms with Gasteiger partial charge in [0.2, 0.25) is 0 Å². The first-order chi connectivity index (χ1) is 10.2. The molecular weight excluding hydrogens is 266 g/mol. The van der Waals surface area contributed by atoms with Crippen molar-refractivity contribution < 1.29 is 14.6 Å². The normalized spacial score (nSPS) is 19.4. The van der Waals surface area contributed by atoms with Gasteiger partial charge in [-0.3, -0.25) is 4.79 Å². The van der Waals surface area contributed by atoms with Gasteiger partial charge in [0.05, 0.1) is 7.11 Å². The van der Waals surface area contributed by atoms with Crippen LogP contribution in [0, 0.1) is 0 Å². The van der Waals surface area contributed by atoms with Gasteiger partial charge in [-0.2, -0.15) is 0 Å². The van der Waals surface area contributed by atoms with Crippen LogP contribution in [0.5, 0.6) is 5.75 Å². The monoisotopic (exact) mass is 291 g/mol. The van der Waals surface area contributed by atoms with Gasteiger partial charge in [-0.25, -0.2) is 0 Å². The summed E-state index contributed by atoms with van der Waals surface area (Å²) in [7, 11) is 1.68. The number of nitrogens with zero attached hydrogens (tertiary/aromatic N) is 1. The number of hydrogen-bond acceptors (Lipinski definition) is 3. The maximum Gasteiger partial charge on any atom is 0.303 e. The molecule has 1 heterocycles. The second kappa shape index (κ2) is 8.03. The smallest absolute Gasteiger partial charge is 0.303 e. The molecule has 1 aliphatic heterocycles.